The molecule has 1 aromatic carbocycles. The first-order valence-corrected chi connectivity index (χ1v) is 6.15. The van der Waals surface area contributed by atoms with Crippen LogP contribution >= 0.6 is 0 Å². The lowest BCUT2D eigenvalue weighted by Crippen LogP contribution is -2.34. The highest BCUT2D eigenvalue weighted by Gasteiger charge is 2.18. The molecule has 1 amide bonds. The quantitative estimate of drug-likeness (QED) is 0.605. The van der Waals surface area contributed by atoms with Gasteiger partial charge < -0.3 is 15.2 Å². The van der Waals surface area contributed by atoms with Crippen molar-refractivity contribution < 1.29 is 19.6 Å². The first-order valence-electron chi connectivity index (χ1n) is 6.15. The minimum absolute atomic E-state index is 0.0204. The molecular formula is C13H18N2O5. The molecule has 7 heteroatoms. The Morgan fingerprint density at radius 2 is 2.15 bits per heavy atom. The summed E-state index contributed by atoms with van der Waals surface area (Å²) < 4.78 is 4.89. The van der Waals surface area contributed by atoms with Crippen molar-refractivity contribution in [2.45, 2.75) is 20.0 Å². The van der Waals surface area contributed by atoms with Gasteiger partial charge in [0.15, 0.2) is 5.75 Å². The second-order valence-electron chi connectivity index (χ2n) is 4.67. The van der Waals surface area contributed by atoms with Crippen molar-refractivity contribution in [3.63, 3.8) is 0 Å². The van der Waals surface area contributed by atoms with Gasteiger partial charge in [0, 0.05) is 24.2 Å². The predicted molar refractivity (Wildman–Crippen MR) is 72.8 cm³/mol. The largest absolute Gasteiger partial charge is 0.490 e. The third-order valence-electron chi connectivity index (χ3n) is 2.88. The summed E-state index contributed by atoms with van der Waals surface area (Å²) in [5, 5.41) is 22.9. The van der Waals surface area contributed by atoms with Gasteiger partial charge in [-0.2, -0.15) is 0 Å². The molecule has 110 valence electrons. The molecule has 0 saturated carbocycles. The number of hydrogen-bond donors (Lipinski definition) is 2. The molecule has 0 radical (unpaired) electrons. The van der Waals surface area contributed by atoms with Crippen LogP contribution in [0.15, 0.2) is 18.2 Å². The van der Waals surface area contributed by atoms with Crippen LogP contribution in [0.5, 0.6) is 5.75 Å². The Morgan fingerprint density at radius 1 is 1.50 bits per heavy atom. The maximum Gasteiger partial charge on any atom is 0.310 e. The number of carbonyl (C=O) groups is 1. The van der Waals surface area contributed by atoms with Crippen molar-refractivity contribution in [2.24, 2.45) is 5.92 Å². The molecule has 0 aliphatic carbocycles. The number of carbonyl (C=O) groups excluding carboxylic acids is 1. The van der Waals surface area contributed by atoms with E-state index in [-0.39, 0.29) is 29.5 Å². The highest BCUT2D eigenvalue weighted by molar-refractivity contribution is 5.95. The van der Waals surface area contributed by atoms with E-state index >= 15 is 0 Å². The molecule has 1 rings (SSSR count). The zero-order valence-corrected chi connectivity index (χ0v) is 11.6. The first-order chi connectivity index (χ1) is 9.36. The topological polar surface area (TPSA) is 102 Å². The number of benzene rings is 1. The molecule has 0 aromatic heterocycles. The molecule has 1 atom stereocenters. The zero-order chi connectivity index (χ0) is 15.3. The number of nitro groups is 1. The van der Waals surface area contributed by atoms with Gasteiger partial charge in [0.1, 0.15) is 0 Å². The first kappa shape index (κ1) is 15.9. The molecule has 0 aliphatic heterocycles. The van der Waals surface area contributed by atoms with Gasteiger partial charge in [0.2, 0.25) is 0 Å². The van der Waals surface area contributed by atoms with E-state index < -0.39 is 16.9 Å². The SMILES string of the molecule is COc1cc(C(=O)NCC(O)C(C)C)ccc1[N+](=O)[O-]. The Labute approximate surface area is 116 Å². The molecule has 0 spiro atoms. The fraction of sp³-hybridized carbons (Fsp3) is 0.462. The Hall–Kier alpha value is -2.15. The van der Waals surface area contributed by atoms with E-state index in [0.717, 1.165) is 0 Å². The van der Waals surface area contributed by atoms with Gasteiger partial charge in [-0.3, -0.25) is 14.9 Å². The van der Waals surface area contributed by atoms with Gasteiger partial charge in [0.25, 0.3) is 5.91 Å². The summed E-state index contributed by atoms with van der Waals surface area (Å²) in [6.07, 6.45) is -0.640. The van der Waals surface area contributed by atoms with Crippen molar-refractivity contribution in [1.29, 1.82) is 0 Å². The molecule has 7 nitrogen and oxygen atoms in total. The number of nitro benzene ring substituents is 1. The van der Waals surface area contributed by atoms with Crippen LogP contribution in [-0.2, 0) is 0 Å². The smallest absolute Gasteiger partial charge is 0.310 e. The number of amides is 1. The van der Waals surface area contributed by atoms with Crippen LogP contribution in [0.1, 0.15) is 24.2 Å². The van der Waals surface area contributed by atoms with Gasteiger partial charge in [-0.1, -0.05) is 13.8 Å². The fourth-order valence-electron chi connectivity index (χ4n) is 1.50. The van der Waals surface area contributed by atoms with Crippen LogP contribution in [0.4, 0.5) is 5.69 Å². The van der Waals surface area contributed by atoms with Crippen molar-refractivity contribution in [3.8, 4) is 5.75 Å². The number of ether oxygens (including phenoxy) is 1. The lowest BCUT2D eigenvalue weighted by Gasteiger charge is -2.15. The lowest BCUT2D eigenvalue weighted by atomic mass is 10.1. The molecule has 0 heterocycles. The van der Waals surface area contributed by atoms with Gasteiger partial charge >= 0.3 is 5.69 Å². The van der Waals surface area contributed by atoms with E-state index in [1.54, 1.807) is 0 Å². The van der Waals surface area contributed by atoms with Crippen LogP contribution in [0, 0.1) is 16.0 Å². The summed E-state index contributed by atoms with van der Waals surface area (Å²) >= 11 is 0. The number of methoxy groups -OCH3 is 1. The summed E-state index contributed by atoms with van der Waals surface area (Å²) in [5.74, 6) is -0.369. The summed E-state index contributed by atoms with van der Waals surface area (Å²) in [5.41, 5.74) is 0.0367. The Bertz CT molecular complexity index is 502. The van der Waals surface area contributed by atoms with Crippen LogP contribution < -0.4 is 10.1 Å². The van der Waals surface area contributed by atoms with Gasteiger partial charge in [-0.05, 0) is 12.0 Å². The lowest BCUT2D eigenvalue weighted by molar-refractivity contribution is -0.385. The van der Waals surface area contributed by atoms with E-state index in [9.17, 15) is 20.0 Å². The minimum atomic E-state index is -0.640. The van der Waals surface area contributed by atoms with Crippen molar-refractivity contribution in [2.75, 3.05) is 13.7 Å². The zero-order valence-electron chi connectivity index (χ0n) is 11.6. The predicted octanol–water partition coefficient (Wildman–Crippen LogP) is 1.35. The summed E-state index contributed by atoms with van der Waals surface area (Å²) in [6.45, 7) is 3.80. The maximum atomic E-state index is 11.9. The number of nitrogens with zero attached hydrogens (tertiary/aromatic N) is 1. The summed E-state index contributed by atoms with van der Waals surface area (Å²) in [7, 11) is 1.30. The number of aliphatic hydroxyl groups excluding tert-OH is 1. The highest BCUT2D eigenvalue weighted by atomic mass is 16.6. The average molecular weight is 282 g/mol. The monoisotopic (exact) mass is 282 g/mol. The van der Waals surface area contributed by atoms with Gasteiger partial charge in [-0.25, -0.2) is 0 Å². The molecule has 1 aromatic rings. The molecule has 0 bridgehead atoms. The normalized spacial score (nSPS) is 12.1. The van der Waals surface area contributed by atoms with Crippen LogP contribution in [0.2, 0.25) is 0 Å². The molecule has 1 unspecified atom stereocenters. The van der Waals surface area contributed by atoms with Crippen LogP contribution in [0.3, 0.4) is 0 Å². The van der Waals surface area contributed by atoms with Crippen molar-refractivity contribution in [1.82, 2.24) is 5.32 Å². The molecule has 20 heavy (non-hydrogen) atoms. The Kier molecular flexibility index (Phi) is 5.45. The molecule has 0 aliphatic rings. The third kappa shape index (κ3) is 3.92. The van der Waals surface area contributed by atoms with E-state index in [0.29, 0.717) is 0 Å². The molecule has 0 saturated heterocycles. The average Bonchev–Trinajstić information content (AvgIpc) is 2.43. The minimum Gasteiger partial charge on any atom is -0.490 e. The Morgan fingerprint density at radius 3 is 2.65 bits per heavy atom. The fourth-order valence-corrected chi connectivity index (χ4v) is 1.50. The molecule has 0 fully saturated rings. The van der Waals surface area contributed by atoms with Crippen LogP contribution in [0.25, 0.3) is 0 Å². The number of rotatable bonds is 6. The van der Waals surface area contributed by atoms with Gasteiger partial charge in [-0.15, -0.1) is 0 Å². The van der Waals surface area contributed by atoms with E-state index in [1.807, 2.05) is 13.8 Å². The third-order valence-corrected chi connectivity index (χ3v) is 2.88. The van der Waals surface area contributed by atoms with E-state index in [4.69, 9.17) is 4.74 Å². The van der Waals surface area contributed by atoms with E-state index in [1.165, 1.54) is 25.3 Å². The molecular weight excluding hydrogens is 264 g/mol. The second kappa shape index (κ2) is 6.85. The van der Waals surface area contributed by atoms with Gasteiger partial charge in [0.05, 0.1) is 18.1 Å². The van der Waals surface area contributed by atoms with Crippen molar-refractivity contribution in [3.05, 3.63) is 33.9 Å². The molecule has 2 N–H and O–H groups in total. The number of aliphatic hydroxyl groups is 1. The Balaban J connectivity index is 2.81. The number of nitrogens with one attached hydrogen (secondary N) is 1. The van der Waals surface area contributed by atoms with E-state index in [2.05, 4.69) is 5.32 Å². The second-order valence-corrected chi connectivity index (χ2v) is 4.67. The standard InChI is InChI=1S/C13H18N2O5/c1-8(2)11(16)7-14-13(17)9-4-5-10(15(18)19)12(6-9)20-3/h4-6,8,11,16H,7H2,1-3H3,(H,14,17). The maximum absolute atomic E-state index is 11.9. The summed E-state index contributed by atoms with van der Waals surface area (Å²) in [4.78, 5) is 22.0. The van der Waals surface area contributed by atoms with Crippen LogP contribution in [-0.4, -0.2) is 35.7 Å². The number of hydrogen-bond acceptors (Lipinski definition) is 5. The highest BCUT2D eigenvalue weighted by Crippen LogP contribution is 2.27. The van der Waals surface area contributed by atoms with Crippen molar-refractivity contribution >= 4 is 11.6 Å². The summed E-state index contributed by atoms with van der Waals surface area (Å²) in [6, 6.07) is 3.86.